The zero-order valence-corrected chi connectivity index (χ0v) is 9.46. The second-order valence-corrected chi connectivity index (χ2v) is 4.01. The monoisotopic (exact) mass is 233 g/mol. The molecule has 1 heterocycles. The Morgan fingerprint density at radius 2 is 1.94 bits per heavy atom. The summed E-state index contributed by atoms with van der Waals surface area (Å²) in [7, 11) is 0. The van der Waals surface area contributed by atoms with Crippen molar-refractivity contribution in [1.29, 1.82) is 0 Å². The fraction of sp³-hybridized carbons (Fsp3) is 0.900. The van der Waals surface area contributed by atoms with Gasteiger partial charge >= 0.3 is 0 Å². The summed E-state index contributed by atoms with van der Waals surface area (Å²) < 4.78 is 5.41. The van der Waals surface area contributed by atoms with E-state index in [1.807, 2.05) is 6.92 Å². The number of hydrogen-bond acceptors (Lipinski definition) is 5. The van der Waals surface area contributed by atoms with Gasteiger partial charge in [0.25, 0.3) is 0 Å². The van der Waals surface area contributed by atoms with Crippen LogP contribution in [0.15, 0.2) is 0 Å². The van der Waals surface area contributed by atoms with Gasteiger partial charge in [-0.25, -0.2) is 0 Å². The number of carbonyl (C=O) groups is 1. The fourth-order valence-corrected chi connectivity index (χ4v) is 1.96. The number of aliphatic hydroxyl groups is 3. The van der Waals surface area contributed by atoms with Crippen LogP contribution in [0, 0.1) is 0 Å². The van der Waals surface area contributed by atoms with Crippen molar-refractivity contribution < 1.29 is 24.9 Å². The van der Waals surface area contributed by atoms with E-state index in [-0.39, 0.29) is 12.5 Å². The Morgan fingerprint density at radius 1 is 1.31 bits per heavy atom. The minimum absolute atomic E-state index is 0.291. The molecule has 5 atom stereocenters. The molecule has 0 bridgehead atoms. The van der Waals surface area contributed by atoms with Crippen LogP contribution in [0.5, 0.6) is 0 Å². The molecule has 1 aliphatic rings. The highest BCUT2D eigenvalue weighted by Gasteiger charge is 2.43. The third-order valence-electron chi connectivity index (χ3n) is 2.80. The highest BCUT2D eigenvalue weighted by atomic mass is 16.5. The van der Waals surface area contributed by atoms with E-state index in [0.717, 1.165) is 0 Å². The molecule has 1 saturated heterocycles. The van der Waals surface area contributed by atoms with E-state index in [1.165, 1.54) is 6.92 Å². The SMILES string of the molecule is CC[C@H]1O[C@H](CO)[C@H](O)[C@H](O)[C@H]1NC(C)=O. The number of rotatable bonds is 3. The predicted molar refractivity (Wildman–Crippen MR) is 55.7 cm³/mol. The first-order valence-electron chi connectivity index (χ1n) is 5.40. The second-order valence-electron chi connectivity index (χ2n) is 4.01. The molecule has 0 aromatic rings. The van der Waals surface area contributed by atoms with Crippen LogP contribution in [0.2, 0.25) is 0 Å². The van der Waals surface area contributed by atoms with E-state index >= 15 is 0 Å². The number of carbonyl (C=O) groups excluding carboxylic acids is 1. The van der Waals surface area contributed by atoms with Crippen molar-refractivity contribution in [3.8, 4) is 0 Å². The first-order chi connectivity index (χ1) is 7.51. The van der Waals surface area contributed by atoms with Crippen molar-refractivity contribution in [1.82, 2.24) is 5.32 Å². The fourth-order valence-electron chi connectivity index (χ4n) is 1.96. The Bertz CT molecular complexity index is 245. The summed E-state index contributed by atoms with van der Waals surface area (Å²) in [6, 6.07) is -0.639. The molecule has 1 amide bonds. The van der Waals surface area contributed by atoms with Crippen LogP contribution in [0.1, 0.15) is 20.3 Å². The average molecular weight is 233 g/mol. The van der Waals surface area contributed by atoms with E-state index in [9.17, 15) is 15.0 Å². The molecule has 6 nitrogen and oxygen atoms in total. The lowest BCUT2D eigenvalue weighted by molar-refractivity contribution is -0.195. The Hall–Kier alpha value is -0.690. The van der Waals surface area contributed by atoms with Gasteiger partial charge in [0.05, 0.1) is 18.8 Å². The van der Waals surface area contributed by atoms with Crippen LogP contribution in [0.25, 0.3) is 0 Å². The molecule has 0 aliphatic carbocycles. The lowest BCUT2D eigenvalue weighted by atomic mass is 9.91. The average Bonchev–Trinajstić information content (AvgIpc) is 2.25. The zero-order valence-electron chi connectivity index (χ0n) is 9.46. The van der Waals surface area contributed by atoms with Crippen LogP contribution in [-0.2, 0) is 9.53 Å². The van der Waals surface area contributed by atoms with Crippen LogP contribution in [0.3, 0.4) is 0 Å². The Labute approximate surface area is 94.2 Å². The van der Waals surface area contributed by atoms with E-state index in [4.69, 9.17) is 9.84 Å². The normalized spacial score (nSPS) is 39.4. The quantitative estimate of drug-likeness (QED) is 0.470. The molecule has 0 aromatic carbocycles. The Balaban J connectivity index is 2.77. The highest BCUT2D eigenvalue weighted by Crippen LogP contribution is 2.22. The predicted octanol–water partition coefficient (Wildman–Crippen LogP) is -1.62. The maximum atomic E-state index is 11.0. The smallest absolute Gasteiger partial charge is 0.217 e. The number of nitrogens with one attached hydrogen (secondary N) is 1. The Morgan fingerprint density at radius 3 is 2.38 bits per heavy atom. The molecule has 6 heteroatoms. The second kappa shape index (κ2) is 5.58. The van der Waals surface area contributed by atoms with Crippen LogP contribution in [0.4, 0.5) is 0 Å². The molecule has 0 aromatic heterocycles. The topological polar surface area (TPSA) is 99.0 Å². The van der Waals surface area contributed by atoms with Gasteiger partial charge in [-0.3, -0.25) is 4.79 Å². The summed E-state index contributed by atoms with van der Waals surface area (Å²) in [5.41, 5.74) is 0. The molecule has 0 saturated carbocycles. The third-order valence-corrected chi connectivity index (χ3v) is 2.80. The largest absolute Gasteiger partial charge is 0.394 e. The molecule has 1 rings (SSSR count). The molecular formula is C10H19NO5. The van der Waals surface area contributed by atoms with Crippen LogP contribution in [-0.4, -0.2) is 58.3 Å². The van der Waals surface area contributed by atoms with Crippen molar-refractivity contribution in [2.24, 2.45) is 0 Å². The molecule has 0 unspecified atom stereocenters. The minimum Gasteiger partial charge on any atom is -0.394 e. The highest BCUT2D eigenvalue weighted by molar-refractivity contribution is 5.73. The summed E-state index contributed by atoms with van der Waals surface area (Å²) in [4.78, 5) is 11.0. The van der Waals surface area contributed by atoms with Gasteiger partial charge in [0, 0.05) is 6.92 Å². The summed E-state index contributed by atoms with van der Waals surface area (Å²) >= 11 is 0. The van der Waals surface area contributed by atoms with Gasteiger partial charge in [-0.2, -0.15) is 0 Å². The van der Waals surface area contributed by atoms with E-state index in [0.29, 0.717) is 6.42 Å². The number of aliphatic hydroxyl groups excluding tert-OH is 3. The van der Waals surface area contributed by atoms with Crippen molar-refractivity contribution >= 4 is 5.91 Å². The van der Waals surface area contributed by atoms with Crippen molar-refractivity contribution in [2.75, 3.05) is 6.61 Å². The molecule has 0 spiro atoms. The molecular weight excluding hydrogens is 214 g/mol. The van der Waals surface area contributed by atoms with Crippen LogP contribution >= 0.6 is 0 Å². The van der Waals surface area contributed by atoms with E-state index in [1.54, 1.807) is 0 Å². The van der Waals surface area contributed by atoms with Crippen molar-refractivity contribution in [2.45, 2.75) is 50.7 Å². The lowest BCUT2D eigenvalue weighted by Crippen LogP contribution is -2.63. The molecule has 1 fully saturated rings. The van der Waals surface area contributed by atoms with E-state index < -0.39 is 30.5 Å². The van der Waals surface area contributed by atoms with Gasteiger partial charge in [0.2, 0.25) is 5.91 Å². The van der Waals surface area contributed by atoms with Gasteiger partial charge in [0.15, 0.2) is 0 Å². The number of ether oxygens (including phenoxy) is 1. The molecule has 94 valence electrons. The van der Waals surface area contributed by atoms with Gasteiger partial charge in [0.1, 0.15) is 18.3 Å². The number of hydrogen-bond donors (Lipinski definition) is 4. The first-order valence-corrected chi connectivity index (χ1v) is 5.40. The minimum atomic E-state index is -1.19. The summed E-state index contributed by atoms with van der Waals surface area (Å²) in [6.07, 6.45) is -2.94. The molecule has 1 aliphatic heterocycles. The maximum absolute atomic E-state index is 11.0. The van der Waals surface area contributed by atoms with Gasteiger partial charge in [-0.05, 0) is 6.42 Å². The van der Waals surface area contributed by atoms with Gasteiger partial charge < -0.3 is 25.4 Å². The van der Waals surface area contributed by atoms with Gasteiger partial charge in [-0.1, -0.05) is 6.92 Å². The summed E-state index contributed by atoms with van der Waals surface area (Å²) in [5, 5.41) is 31.0. The van der Waals surface area contributed by atoms with Crippen LogP contribution < -0.4 is 5.32 Å². The molecule has 4 N–H and O–H groups in total. The zero-order chi connectivity index (χ0) is 12.3. The summed E-state index contributed by atoms with van der Waals surface area (Å²) in [6.45, 7) is 2.82. The third kappa shape index (κ3) is 2.70. The Kier molecular flexibility index (Phi) is 4.67. The van der Waals surface area contributed by atoms with Crippen molar-refractivity contribution in [3.63, 3.8) is 0 Å². The lowest BCUT2D eigenvalue weighted by Gasteiger charge is -2.42. The molecule has 16 heavy (non-hydrogen) atoms. The standard InChI is InChI=1S/C10H19NO5/c1-3-6-8(11-5(2)13)10(15)9(14)7(4-12)16-6/h6-10,12,14-15H,3-4H2,1-2H3,(H,11,13)/t6-,7-,8+,9+,10-/m1/s1. The van der Waals surface area contributed by atoms with E-state index in [2.05, 4.69) is 5.32 Å². The summed E-state index contributed by atoms with van der Waals surface area (Å²) in [5.74, 6) is -0.291. The molecule has 0 radical (unpaired) electrons. The number of amides is 1. The van der Waals surface area contributed by atoms with Crippen molar-refractivity contribution in [3.05, 3.63) is 0 Å². The first kappa shape index (κ1) is 13.4. The van der Waals surface area contributed by atoms with Gasteiger partial charge in [-0.15, -0.1) is 0 Å². The maximum Gasteiger partial charge on any atom is 0.217 e.